The topological polar surface area (TPSA) is 33.1 Å². The molecule has 1 aromatic heterocycles. The molecule has 0 saturated carbocycles. The van der Waals surface area contributed by atoms with Crippen molar-refractivity contribution in [2.75, 3.05) is 23.3 Å². The van der Waals surface area contributed by atoms with E-state index < -0.39 is 0 Å². The minimum Gasteiger partial charge on any atom is -0.380 e. The minimum atomic E-state index is 0.530. The minimum absolute atomic E-state index is 0.530. The molecule has 0 amide bonds. The lowest BCUT2D eigenvalue weighted by molar-refractivity contribution is 0.527. The number of hydrogen-bond donors (Lipinski definition) is 1. The highest BCUT2D eigenvalue weighted by atomic mass is 35.5. The fourth-order valence-corrected chi connectivity index (χ4v) is 2.79. The Morgan fingerprint density at radius 1 is 1.20 bits per heavy atom. The van der Waals surface area contributed by atoms with Crippen LogP contribution in [0.1, 0.15) is 12.8 Å². The zero-order chi connectivity index (χ0) is 13.9. The van der Waals surface area contributed by atoms with Crippen molar-refractivity contribution in [3.05, 3.63) is 41.7 Å². The molecule has 0 bridgehead atoms. The third-order valence-corrected chi connectivity index (χ3v) is 4.01. The smallest absolute Gasteiger partial charge is 0.0728 e. The molecule has 1 aliphatic heterocycles. The quantitative estimate of drug-likeness (QED) is 0.943. The number of aryl methyl sites for hydroxylation is 1. The van der Waals surface area contributed by atoms with Gasteiger partial charge in [0.1, 0.15) is 0 Å². The fraction of sp³-hybridized carbons (Fsp3) is 0.400. The third-order valence-electron chi connectivity index (χ3n) is 3.76. The summed E-state index contributed by atoms with van der Waals surface area (Å²) >= 11 is 5.93. The Morgan fingerprint density at radius 2 is 1.90 bits per heavy atom. The zero-order valence-electron chi connectivity index (χ0n) is 11.6. The van der Waals surface area contributed by atoms with Gasteiger partial charge in [0.25, 0.3) is 0 Å². The third kappa shape index (κ3) is 3.07. The predicted octanol–water partition coefficient (Wildman–Crippen LogP) is 3.15. The summed E-state index contributed by atoms with van der Waals surface area (Å²) in [6, 6.07) is 8.63. The zero-order valence-corrected chi connectivity index (χ0v) is 12.3. The number of halogens is 1. The number of benzene rings is 1. The van der Waals surface area contributed by atoms with E-state index >= 15 is 0 Å². The Morgan fingerprint density at radius 3 is 2.50 bits per heavy atom. The van der Waals surface area contributed by atoms with E-state index in [0.29, 0.717) is 6.04 Å². The highest BCUT2D eigenvalue weighted by Gasteiger charge is 2.19. The maximum Gasteiger partial charge on any atom is 0.0728 e. The van der Waals surface area contributed by atoms with Crippen LogP contribution in [0.25, 0.3) is 0 Å². The molecule has 1 fully saturated rings. The lowest BCUT2D eigenvalue weighted by Gasteiger charge is -2.34. The van der Waals surface area contributed by atoms with Crippen LogP contribution in [0.4, 0.5) is 11.4 Å². The number of nitrogens with one attached hydrogen (secondary N) is 1. The maximum atomic E-state index is 5.93. The van der Waals surface area contributed by atoms with Gasteiger partial charge in [-0.15, -0.1) is 0 Å². The number of piperidine rings is 1. The molecule has 0 spiro atoms. The van der Waals surface area contributed by atoms with Crippen LogP contribution in [-0.2, 0) is 7.05 Å². The molecule has 0 radical (unpaired) electrons. The molecule has 5 heteroatoms. The molecule has 106 valence electrons. The summed E-state index contributed by atoms with van der Waals surface area (Å²) in [4.78, 5) is 2.41. The molecule has 0 atom stereocenters. The van der Waals surface area contributed by atoms with E-state index in [-0.39, 0.29) is 0 Å². The van der Waals surface area contributed by atoms with Gasteiger partial charge in [0, 0.05) is 43.1 Å². The second-order valence-corrected chi connectivity index (χ2v) is 5.72. The van der Waals surface area contributed by atoms with Crippen LogP contribution in [-0.4, -0.2) is 28.9 Å². The van der Waals surface area contributed by atoms with Crippen molar-refractivity contribution in [1.82, 2.24) is 9.78 Å². The van der Waals surface area contributed by atoms with Crippen molar-refractivity contribution < 1.29 is 0 Å². The second kappa shape index (κ2) is 5.75. The van der Waals surface area contributed by atoms with Crippen LogP contribution in [0.5, 0.6) is 0 Å². The summed E-state index contributed by atoms with van der Waals surface area (Å²) in [7, 11) is 1.94. The van der Waals surface area contributed by atoms with Gasteiger partial charge in [-0.25, -0.2) is 0 Å². The lowest BCUT2D eigenvalue weighted by Crippen LogP contribution is -2.39. The first-order valence-corrected chi connectivity index (χ1v) is 7.34. The molecular formula is C15H19ClN4. The largest absolute Gasteiger partial charge is 0.380 e. The van der Waals surface area contributed by atoms with Crippen LogP contribution in [0, 0.1) is 0 Å². The van der Waals surface area contributed by atoms with Gasteiger partial charge < -0.3 is 10.2 Å². The standard InChI is InChI=1S/C15H19ClN4/c1-19-11-14(10-17-19)18-13-6-8-20(9-7-13)15-4-2-12(16)3-5-15/h2-5,10-11,13,18H,6-9H2,1H3. The van der Waals surface area contributed by atoms with E-state index in [0.717, 1.165) is 36.6 Å². The summed E-state index contributed by atoms with van der Waals surface area (Å²) in [5.74, 6) is 0. The average molecular weight is 291 g/mol. The van der Waals surface area contributed by atoms with Gasteiger partial charge in [-0.05, 0) is 37.1 Å². The van der Waals surface area contributed by atoms with E-state index in [4.69, 9.17) is 11.6 Å². The molecule has 1 aliphatic rings. The first-order valence-electron chi connectivity index (χ1n) is 6.96. The Balaban J connectivity index is 1.55. The highest BCUT2D eigenvalue weighted by molar-refractivity contribution is 6.30. The molecule has 3 rings (SSSR count). The summed E-state index contributed by atoms with van der Waals surface area (Å²) < 4.78 is 1.82. The monoisotopic (exact) mass is 290 g/mol. The first-order chi connectivity index (χ1) is 9.70. The van der Waals surface area contributed by atoms with E-state index in [1.165, 1.54) is 5.69 Å². The maximum absolute atomic E-state index is 5.93. The van der Waals surface area contributed by atoms with Crippen LogP contribution in [0.2, 0.25) is 5.02 Å². The number of nitrogens with zero attached hydrogens (tertiary/aromatic N) is 3. The Labute approximate surface area is 124 Å². The molecule has 1 aromatic carbocycles. The highest BCUT2D eigenvalue weighted by Crippen LogP contribution is 2.23. The second-order valence-electron chi connectivity index (χ2n) is 5.28. The molecule has 0 unspecified atom stereocenters. The van der Waals surface area contributed by atoms with E-state index in [9.17, 15) is 0 Å². The normalized spacial score (nSPS) is 16.4. The Hall–Kier alpha value is -1.68. The van der Waals surface area contributed by atoms with Crippen LogP contribution < -0.4 is 10.2 Å². The molecule has 2 heterocycles. The van der Waals surface area contributed by atoms with Crippen molar-refractivity contribution in [1.29, 1.82) is 0 Å². The summed E-state index contributed by atoms with van der Waals surface area (Å²) in [6.07, 6.45) is 6.17. The first kappa shape index (κ1) is 13.3. The van der Waals surface area contributed by atoms with Gasteiger partial charge in [-0.3, -0.25) is 4.68 Å². The van der Waals surface area contributed by atoms with Gasteiger partial charge in [0.15, 0.2) is 0 Å². The fourth-order valence-electron chi connectivity index (χ4n) is 2.67. The summed E-state index contributed by atoms with van der Waals surface area (Å²) in [6.45, 7) is 2.14. The molecule has 0 aliphatic carbocycles. The van der Waals surface area contributed by atoms with E-state index in [1.807, 2.05) is 36.3 Å². The van der Waals surface area contributed by atoms with Gasteiger partial charge >= 0.3 is 0 Å². The number of aromatic nitrogens is 2. The number of rotatable bonds is 3. The number of anilines is 2. The Kier molecular flexibility index (Phi) is 3.83. The SMILES string of the molecule is Cn1cc(NC2CCN(c3ccc(Cl)cc3)CC2)cn1. The number of hydrogen-bond acceptors (Lipinski definition) is 3. The van der Waals surface area contributed by atoms with Crippen LogP contribution in [0.15, 0.2) is 36.7 Å². The van der Waals surface area contributed by atoms with E-state index in [2.05, 4.69) is 27.4 Å². The predicted molar refractivity (Wildman–Crippen MR) is 83.5 cm³/mol. The molecule has 1 saturated heterocycles. The average Bonchev–Trinajstić information content (AvgIpc) is 2.86. The van der Waals surface area contributed by atoms with Crippen LogP contribution >= 0.6 is 11.6 Å². The van der Waals surface area contributed by atoms with Gasteiger partial charge in [0.2, 0.25) is 0 Å². The molecule has 1 N–H and O–H groups in total. The summed E-state index contributed by atoms with van der Waals surface area (Å²) in [5, 5.41) is 8.53. The van der Waals surface area contributed by atoms with Crippen molar-refractivity contribution in [2.24, 2.45) is 7.05 Å². The van der Waals surface area contributed by atoms with Gasteiger partial charge in [0.05, 0.1) is 11.9 Å². The van der Waals surface area contributed by atoms with Crippen molar-refractivity contribution in [3.63, 3.8) is 0 Å². The molecule has 2 aromatic rings. The molecular weight excluding hydrogens is 272 g/mol. The van der Waals surface area contributed by atoms with E-state index in [1.54, 1.807) is 0 Å². The Bertz CT molecular complexity index is 556. The van der Waals surface area contributed by atoms with Gasteiger partial charge in [-0.2, -0.15) is 5.10 Å². The summed E-state index contributed by atoms with van der Waals surface area (Å²) in [5.41, 5.74) is 2.37. The van der Waals surface area contributed by atoms with Gasteiger partial charge in [-0.1, -0.05) is 11.6 Å². The van der Waals surface area contributed by atoms with Crippen molar-refractivity contribution in [2.45, 2.75) is 18.9 Å². The lowest BCUT2D eigenvalue weighted by atomic mass is 10.0. The molecule has 4 nitrogen and oxygen atoms in total. The van der Waals surface area contributed by atoms with Crippen LogP contribution in [0.3, 0.4) is 0 Å². The van der Waals surface area contributed by atoms with Crippen molar-refractivity contribution >= 4 is 23.0 Å². The van der Waals surface area contributed by atoms with Crippen molar-refractivity contribution in [3.8, 4) is 0 Å². The molecule has 20 heavy (non-hydrogen) atoms.